The normalized spacial score (nSPS) is 10.4. The van der Waals surface area contributed by atoms with Crippen LogP contribution < -0.4 is 30.7 Å². The Balaban J connectivity index is -0.000000182. The SMILES string of the molecule is CCN(CCNSC)c1ccc(N)c(C)c1.CCN(CCNSC)c1ccc(N)c(C)c1.O.O.O=S(=O)(O)O.O=S(=O)(O)O.O=S(=O)(O)O. The molecular weight excluding hydrogens is 757 g/mol. The standard InChI is InChI=1S/2C12H21N3S.3H2O4S.2H2O/c2*1-4-15(8-7-14-16-3)11-5-6-12(13)10(2)9-11;3*1-5(2,3)4;;/h2*5-6,9,14H,4,7-8,13H2,1-3H3;3*(H2,1,2,3,4);2*1H2. The Morgan fingerprint density at radius 1 is 0.612 bits per heavy atom. The van der Waals surface area contributed by atoms with Gasteiger partial charge in [0, 0.05) is 62.0 Å². The van der Waals surface area contributed by atoms with Gasteiger partial charge in [-0.05, 0) is 87.7 Å². The third-order valence-electron chi connectivity index (χ3n) is 5.26. The summed E-state index contributed by atoms with van der Waals surface area (Å²) in [5.74, 6) is 0. The smallest absolute Gasteiger partial charge is 0.394 e. The molecule has 0 aliphatic heterocycles. The second-order valence-electron chi connectivity index (χ2n) is 8.78. The van der Waals surface area contributed by atoms with E-state index >= 15 is 0 Å². The Morgan fingerprint density at radius 2 is 0.857 bits per heavy atom. The zero-order chi connectivity index (χ0) is 37.4. The number of nitrogens with two attached hydrogens (primary N) is 2. The van der Waals surface area contributed by atoms with E-state index in [0.29, 0.717) is 0 Å². The highest BCUT2D eigenvalue weighted by Gasteiger charge is 2.06. The van der Waals surface area contributed by atoms with Gasteiger partial charge in [0.2, 0.25) is 0 Å². The first-order valence-electron chi connectivity index (χ1n) is 13.2. The van der Waals surface area contributed by atoms with E-state index in [9.17, 15) is 0 Å². The minimum atomic E-state index is -4.67. The Morgan fingerprint density at radius 3 is 1.04 bits per heavy atom. The first kappa shape index (κ1) is 56.2. The summed E-state index contributed by atoms with van der Waals surface area (Å²) >= 11 is 3.32. The summed E-state index contributed by atoms with van der Waals surface area (Å²) in [7, 11) is -14.0. The molecule has 0 radical (unpaired) electrons. The third kappa shape index (κ3) is 41.9. The van der Waals surface area contributed by atoms with Crippen molar-refractivity contribution in [2.75, 3.05) is 73.0 Å². The van der Waals surface area contributed by atoms with Gasteiger partial charge in [-0.2, -0.15) is 25.3 Å². The fourth-order valence-electron chi connectivity index (χ4n) is 3.22. The van der Waals surface area contributed by atoms with Gasteiger partial charge in [-0.1, -0.05) is 23.9 Å². The molecule has 0 saturated carbocycles. The van der Waals surface area contributed by atoms with Crippen LogP contribution >= 0.6 is 23.9 Å². The number of rotatable bonds is 12. The van der Waals surface area contributed by atoms with Gasteiger partial charge in [0.1, 0.15) is 0 Å². The van der Waals surface area contributed by atoms with E-state index in [1.54, 1.807) is 23.9 Å². The molecule has 0 aromatic heterocycles. The maximum Gasteiger partial charge on any atom is 0.394 e. The van der Waals surface area contributed by atoms with Crippen LogP contribution in [0, 0.1) is 13.8 Å². The number of nitrogens with zero attached hydrogens (tertiary/aromatic N) is 2. The minimum Gasteiger partial charge on any atom is -0.412 e. The molecule has 0 unspecified atom stereocenters. The van der Waals surface area contributed by atoms with E-state index < -0.39 is 31.2 Å². The Kier molecular flexibility index (Phi) is 33.8. The lowest BCUT2D eigenvalue weighted by Gasteiger charge is -2.23. The van der Waals surface area contributed by atoms with Crippen molar-refractivity contribution in [2.45, 2.75) is 27.7 Å². The van der Waals surface area contributed by atoms with Gasteiger partial charge in [-0.25, -0.2) is 0 Å². The molecule has 0 spiro atoms. The average molecular weight is 809 g/mol. The molecule has 20 nitrogen and oxygen atoms in total. The molecule has 2 aromatic carbocycles. The zero-order valence-corrected chi connectivity index (χ0v) is 32.0. The minimum absolute atomic E-state index is 0. The highest BCUT2D eigenvalue weighted by Crippen LogP contribution is 2.21. The molecule has 16 N–H and O–H groups in total. The summed E-state index contributed by atoms with van der Waals surface area (Å²) in [4.78, 5) is 4.69. The number of nitrogen functional groups attached to an aromatic ring is 2. The first-order chi connectivity index (χ1) is 21.4. The summed E-state index contributed by atoms with van der Waals surface area (Å²) in [6.07, 6.45) is 4.09. The maximum atomic E-state index is 8.74. The number of likely N-dealkylation sites (N-methyl/N-ethyl adjacent to an activating group) is 2. The number of nitrogens with one attached hydrogen (secondary N) is 2. The summed E-state index contributed by atoms with van der Waals surface area (Å²) in [5, 5.41) is 0. The van der Waals surface area contributed by atoms with Gasteiger partial charge in [-0.3, -0.25) is 36.8 Å². The average Bonchev–Trinajstić information content (AvgIpc) is 2.90. The molecule has 292 valence electrons. The van der Waals surface area contributed by atoms with Gasteiger partial charge >= 0.3 is 31.2 Å². The van der Waals surface area contributed by atoms with Gasteiger partial charge in [0.15, 0.2) is 0 Å². The molecule has 49 heavy (non-hydrogen) atoms. The summed E-state index contributed by atoms with van der Waals surface area (Å²) in [6, 6.07) is 12.4. The lowest BCUT2D eigenvalue weighted by Crippen LogP contribution is -2.29. The van der Waals surface area contributed by atoms with E-state index in [2.05, 4.69) is 57.4 Å². The largest absolute Gasteiger partial charge is 0.412 e. The van der Waals surface area contributed by atoms with Crippen molar-refractivity contribution in [1.82, 2.24) is 9.44 Å². The van der Waals surface area contributed by atoms with Crippen LogP contribution in [0.25, 0.3) is 0 Å². The number of benzene rings is 2. The highest BCUT2D eigenvalue weighted by molar-refractivity contribution is 7.96. The van der Waals surface area contributed by atoms with Crippen LogP contribution in [0.4, 0.5) is 22.7 Å². The van der Waals surface area contributed by atoms with E-state index in [4.69, 9.17) is 64.0 Å². The van der Waals surface area contributed by atoms with Crippen LogP contribution in [0.2, 0.25) is 0 Å². The van der Waals surface area contributed by atoms with Crippen molar-refractivity contribution in [3.63, 3.8) is 0 Å². The van der Waals surface area contributed by atoms with Gasteiger partial charge < -0.3 is 32.2 Å². The predicted molar refractivity (Wildman–Crippen MR) is 200 cm³/mol. The number of hydrogen-bond acceptors (Lipinski definition) is 14. The quantitative estimate of drug-likeness (QED) is 0.0617. The topological polar surface area (TPSA) is 369 Å². The Bertz CT molecular complexity index is 1310. The Labute approximate surface area is 298 Å². The maximum absolute atomic E-state index is 8.74. The fourth-order valence-corrected chi connectivity index (χ4v) is 3.81. The van der Waals surface area contributed by atoms with E-state index in [-0.39, 0.29) is 11.0 Å². The van der Waals surface area contributed by atoms with Crippen LogP contribution in [-0.4, -0.2) is 115 Å². The lowest BCUT2D eigenvalue weighted by atomic mass is 10.1. The molecule has 0 heterocycles. The van der Waals surface area contributed by atoms with Crippen LogP contribution in [0.15, 0.2) is 36.4 Å². The third-order valence-corrected chi connectivity index (χ3v) is 6.24. The molecule has 25 heteroatoms. The molecular formula is C24H52N6O14S5. The van der Waals surface area contributed by atoms with Gasteiger partial charge in [0.05, 0.1) is 0 Å². The fraction of sp³-hybridized carbons (Fsp3) is 0.500. The molecule has 0 saturated heterocycles. The van der Waals surface area contributed by atoms with Crippen LogP contribution in [0.5, 0.6) is 0 Å². The van der Waals surface area contributed by atoms with Crippen LogP contribution in [0.1, 0.15) is 25.0 Å². The molecule has 0 aliphatic rings. The van der Waals surface area contributed by atoms with E-state index in [0.717, 1.165) is 61.8 Å². The number of aryl methyl sites for hydroxylation is 2. The molecule has 0 atom stereocenters. The van der Waals surface area contributed by atoms with Crippen molar-refractivity contribution < 1.29 is 63.5 Å². The predicted octanol–water partition coefficient (Wildman–Crippen LogP) is 0.934. The van der Waals surface area contributed by atoms with Crippen LogP contribution in [0.3, 0.4) is 0 Å². The van der Waals surface area contributed by atoms with Crippen molar-refractivity contribution in [1.29, 1.82) is 0 Å². The molecule has 0 bridgehead atoms. The molecule has 0 amide bonds. The number of anilines is 4. The van der Waals surface area contributed by atoms with Crippen molar-refractivity contribution >= 4 is 77.8 Å². The molecule has 2 aromatic rings. The first-order valence-corrected chi connectivity index (χ1v) is 19.8. The monoisotopic (exact) mass is 808 g/mol. The zero-order valence-electron chi connectivity index (χ0n) is 27.9. The molecule has 2 rings (SSSR count). The van der Waals surface area contributed by atoms with Crippen LogP contribution in [-0.2, 0) is 31.2 Å². The van der Waals surface area contributed by atoms with Crippen molar-refractivity contribution in [3.8, 4) is 0 Å². The van der Waals surface area contributed by atoms with Crippen molar-refractivity contribution in [3.05, 3.63) is 47.5 Å². The van der Waals surface area contributed by atoms with E-state index in [1.165, 1.54) is 11.4 Å². The van der Waals surface area contributed by atoms with Crippen molar-refractivity contribution in [2.24, 2.45) is 0 Å². The second-order valence-corrected chi connectivity index (χ2v) is 12.9. The van der Waals surface area contributed by atoms with Gasteiger partial charge in [-0.15, -0.1) is 0 Å². The number of hydrogen-bond donors (Lipinski definition) is 10. The van der Waals surface area contributed by atoms with E-state index in [1.807, 2.05) is 38.5 Å². The highest BCUT2D eigenvalue weighted by atomic mass is 32.3. The molecule has 0 aliphatic carbocycles. The lowest BCUT2D eigenvalue weighted by molar-refractivity contribution is 0.378. The summed E-state index contributed by atoms with van der Waals surface area (Å²) in [5.41, 5.74) is 18.2. The van der Waals surface area contributed by atoms with Gasteiger partial charge in [0.25, 0.3) is 0 Å². The summed E-state index contributed by atoms with van der Waals surface area (Å²) < 4.78 is 101. The second kappa shape index (κ2) is 29.5. The summed E-state index contributed by atoms with van der Waals surface area (Å²) in [6.45, 7) is 14.5. The molecule has 0 fully saturated rings. The Hall–Kier alpha value is -2.21.